The zero-order valence-corrected chi connectivity index (χ0v) is 13.0. The number of carbonyl (C=O) groups excluding carboxylic acids is 2. The number of nitrogens with one attached hydrogen (secondary N) is 1. The van der Waals surface area contributed by atoms with Gasteiger partial charge in [-0.1, -0.05) is 26.8 Å². The Balaban J connectivity index is 0.00000361. The fraction of sp³-hybridized carbons (Fsp3) is 0.429. The molecule has 6 heteroatoms. The minimum absolute atomic E-state index is 0. The molecule has 112 valence electrons. The summed E-state index contributed by atoms with van der Waals surface area (Å²) in [4.78, 5) is 23.2. The molecular weight excluding hydrogens is 278 g/mol. The van der Waals surface area contributed by atoms with E-state index in [9.17, 15) is 9.59 Å². The summed E-state index contributed by atoms with van der Waals surface area (Å²) >= 11 is 0. The molecule has 5 nitrogen and oxygen atoms in total. The summed E-state index contributed by atoms with van der Waals surface area (Å²) in [5.74, 6) is -0.812. The number of halogens is 1. The number of amides is 2. The number of primary amides is 1. The number of hydrogen-bond donors (Lipinski definition) is 3. The Morgan fingerprint density at radius 1 is 1.25 bits per heavy atom. The summed E-state index contributed by atoms with van der Waals surface area (Å²) in [5.41, 5.74) is 12.5. The number of hydrogen-bond acceptors (Lipinski definition) is 3. The van der Waals surface area contributed by atoms with E-state index in [1.807, 2.05) is 27.7 Å². The van der Waals surface area contributed by atoms with Crippen molar-refractivity contribution in [1.82, 2.24) is 0 Å². The van der Waals surface area contributed by atoms with E-state index in [1.165, 1.54) is 0 Å². The molecule has 0 spiro atoms. The molecule has 0 aromatic heterocycles. The number of rotatable bonds is 3. The van der Waals surface area contributed by atoms with Gasteiger partial charge < -0.3 is 16.8 Å². The smallest absolute Gasteiger partial charge is 0.248 e. The van der Waals surface area contributed by atoms with Gasteiger partial charge in [-0.25, -0.2) is 0 Å². The number of aryl methyl sites for hydroxylation is 1. The van der Waals surface area contributed by atoms with Crippen molar-refractivity contribution < 1.29 is 9.59 Å². The van der Waals surface area contributed by atoms with E-state index < -0.39 is 11.9 Å². The van der Waals surface area contributed by atoms with Crippen molar-refractivity contribution in [2.75, 3.05) is 5.32 Å². The Bertz CT molecular complexity index is 510. The minimum atomic E-state index is -0.635. The topological polar surface area (TPSA) is 98.2 Å². The lowest BCUT2D eigenvalue weighted by molar-refractivity contribution is -0.119. The molecule has 0 saturated heterocycles. The molecule has 0 aliphatic heterocycles. The Morgan fingerprint density at radius 3 is 2.25 bits per heavy atom. The zero-order valence-electron chi connectivity index (χ0n) is 12.2. The second kappa shape index (κ2) is 6.72. The summed E-state index contributed by atoms with van der Waals surface area (Å²) in [6.45, 7) is 7.51. The van der Waals surface area contributed by atoms with Crippen molar-refractivity contribution in [2.45, 2.75) is 33.7 Å². The van der Waals surface area contributed by atoms with Gasteiger partial charge in [0.05, 0.1) is 6.04 Å². The van der Waals surface area contributed by atoms with Crippen molar-refractivity contribution in [3.63, 3.8) is 0 Å². The van der Waals surface area contributed by atoms with Crippen molar-refractivity contribution in [2.24, 2.45) is 16.9 Å². The second-order valence-electron chi connectivity index (χ2n) is 5.73. The molecule has 1 aromatic carbocycles. The van der Waals surface area contributed by atoms with Gasteiger partial charge in [0, 0.05) is 11.3 Å². The van der Waals surface area contributed by atoms with Gasteiger partial charge in [0.25, 0.3) is 0 Å². The summed E-state index contributed by atoms with van der Waals surface area (Å²) in [6.07, 6.45) is 0. The third-order valence-electron chi connectivity index (χ3n) is 3.00. The Hall–Kier alpha value is -1.59. The molecule has 0 aliphatic rings. The summed E-state index contributed by atoms with van der Waals surface area (Å²) in [5, 5.41) is 2.74. The maximum atomic E-state index is 12.0. The van der Waals surface area contributed by atoms with Crippen LogP contribution < -0.4 is 16.8 Å². The first-order valence-electron chi connectivity index (χ1n) is 6.10. The minimum Gasteiger partial charge on any atom is -0.366 e. The average molecular weight is 300 g/mol. The summed E-state index contributed by atoms with van der Waals surface area (Å²) in [6, 6.07) is 4.28. The zero-order chi connectivity index (χ0) is 14.8. The highest BCUT2D eigenvalue weighted by atomic mass is 35.5. The largest absolute Gasteiger partial charge is 0.366 e. The number of carbonyl (C=O) groups is 2. The predicted molar refractivity (Wildman–Crippen MR) is 83.0 cm³/mol. The molecule has 5 N–H and O–H groups in total. The van der Waals surface area contributed by atoms with Crippen LogP contribution in [0.2, 0.25) is 0 Å². The third-order valence-corrected chi connectivity index (χ3v) is 3.00. The Labute approximate surface area is 125 Å². The van der Waals surface area contributed by atoms with Crippen molar-refractivity contribution in [3.05, 3.63) is 29.3 Å². The first-order chi connectivity index (χ1) is 8.62. The number of nitrogens with two attached hydrogens (primary N) is 2. The molecule has 0 radical (unpaired) electrons. The molecule has 0 aliphatic carbocycles. The van der Waals surface area contributed by atoms with Gasteiger partial charge in [-0.15, -0.1) is 12.4 Å². The van der Waals surface area contributed by atoms with Crippen molar-refractivity contribution in [1.29, 1.82) is 0 Å². The van der Waals surface area contributed by atoms with Crippen LogP contribution in [-0.2, 0) is 4.79 Å². The molecule has 1 atom stereocenters. The number of anilines is 1. The van der Waals surface area contributed by atoms with Crippen LogP contribution in [0.25, 0.3) is 0 Å². The van der Waals surface area contributed by atoms with Gasteiger partial charge >= 0.3 is 0 Å². The highest BCUT2D eigenvalue weighted by Crippen LogP contribution is 2.21. The summed E-state index contributed by atoms with van der Waals surface area (Å²) < 4.78 is 0. The van der Waals surface area contributed by atoms with Crippen LogP contribution in [0.3, 0.4) is 0 Å². The summed E-state index contributed by atoms with van der Waals surface area (Å²) in [7, 11) is 0. The van der Waals surface area contributed by atoms with E-state index in [4.69, 9.17) is 11.5 Å². The maximum absolute atomic E-state index is 12.0. The van der Waals surface area contributed by atoms with Gasteiger partial charge in [-0.05, 0) is 30.0 Å². The molecule has 0 heterocycles. The van der Waals surface area contributed by atoms with Gasteiger partial charge in [0.15, 0.2) is 0 Å². The van der Waals surface area contributed by atoms with Crippen molar-refractivity contribution >= 4 is 29.9 Å². The normalized spacial score (nSPS) is 12.2. The van der Waals surface area contributed by atoms with E-state index >= 15 is 0 Å². The van der Waals surface area contributed by atoms with Crippen LogP contribution in [0.1, 0.15) is 36.7 Å². The van der Waals surface area contributed by atoms with Gasteiger partial charge in [0.2, 0.25) is 11.8 Å². The average Bonchev–Trinajstić information content (AvgIpc) is 2.29. The lowest BCUT2D eigenvalue weighted by atomic mass is 9.87. The maximum Gasteiger partial charge on any atom is 0.248 e. The number of benzene rings is 1. The predicted octanol–water partition coefficient (Wildman–Crippen LogP) is 1.83. The molecule has 2 amide bonds. The van der Waals surface area contributed by atoms with Crippen LogP contribution in [-0.4, -0.2) is 17.9 Å². The van der Waals surface area contributed by atoms with E-state index in [-0.39, 0.29) is 23.7 Å². The van der Waals surface area contributed by atoms with Crippen molar-refractivity contribution in [3.8, 4) is 0 Å². The van der Waals surface area contributed by atoms with E-state index in [1.54, 1.807) is 18.2 Å². The van der Waals surface area contributed by atoms with E-state index in [0.29, 0.717) is 11.3 Å². The molecule has 1 rings (SSSR count). The monoisotopic (exact) mass is 299 g/mol. The van der Waals surface area contributed by atoms with Crippen LogP contribution in [0.4, 0.5) is 5.69 Å². The molecule has 20 heavy (non-hydrogen) atoms. The van der Waals surface area contributed by atoms with Crippen LogP contribution in [0.5, 0.6) is 0 Å². The quantitative estimate of drug-likeness (QED) is 0.794. The third kappa shape index (κ3) is 4.51. The molecule has 0 saturated carbocycles. The van der Waals surface area contributed by atoms with Gasteiger partial charge in [-0.2, -0.15) is 0 Å². The SMILES string of the molecule is Cc1ccc(C(N)=O)cc1NC(=O)[C@@H](N)C(C)(C)C.Cl. The molecule has 0 unspecified atom stereocenters. The van der Waals surface area contributed by atoms with Crippen LogP contribution in [0, 0.1) is 12.3 Å². The van der Waals surface area contributed by atoms with E-state index in [2.05, 4.69) is 5.32 Å². The van der Waals surface area contributed by atoms with Crippen LogP contribution >= 0.6 is 12.4 Å². The molecular formula is C14H22ClN3O2. The Kier molecular flexibility index (Phi) is 6.19. The lowest BCUT2D eigenvalue weighted by Gasteiger charge is -2.26. The highest BCUT2D eigenvalue weighted by Gasteiger charge is 2.27. The second-order valence-corrected chi connectivity index (χ2v) is 5.73. The van der Waals surface area contributed by atoms with Gasteiger partial charge in [-0.3, -0.25) is 9.59 Å². The van der Waals surface area contributed by atoms with Gasteiger partial charge in [0.1, 0.15) is 0 Å². The first-order valence-corrected chi connectivity index (χ1v) is 6.10. The lowest BCUT2D eigenvalue weighted by Crippen LogP contribution is -2.45. The van der Waals surface area contributed by atoms with Crippen LogP contribution in [0.15, 0.2) is 18.2 Å². The first kappa shape index (κ1) is 18.4. The standard InChI is InChI=1S/C14H21N3O2.ClH/c1-8-5-6-9(12(16)18)7-10(8)17-13(19)11(15)14(2,3)4;/h5-7,11H,15H2,1-4H3,(H2,16,18)(H,17,19);1H/t11-;/m1./s1. The highest BCUT2D eigenvalue weighted by molar-refractivity contribution is 5.98. The Morgan fingerprint density at radius 2 is 1.80 bits per heavy atom. The molecule has 0 fully saturated rings. The fourth-order valence-corrected chi connectivity index (χ4v) is 1.51. The molecule has 0 bridgehead atoms. The van der Waals surface area contributed by atoms with E-state index in [0.717, 1.165) is 5.56 Å². The fourth-order valence-electron chi connectivity index (χ4n) is 1.51. The molecule has 1 aromatic rings.